The Balaban J connectivity index is 2.55. The summed E-state index contributed by atoms with van der Waals surface area (Å²) in [6.45, 7) is 2.14. The second-order valence-electron chi connectivity index (χ2n) is 3.51. The summed E-state index contributed by atoms with van der Waals surface area (Å²) in [6, 6.07) is 5.87. The van der Waals surface area contributed by atoms with Gasteiger partial charge in [0.25, 0.3) is 0 Å². The van der Waals surface area contributed by atoms with Crippen molar-refractivity contribution in [3.63, 3.8) is 0 Å². The van der Waals surface area contributed by atoms with Gasteiger partial charge in [-0.15, -0.1) is 0 Å². The molecule has 1 aromatic rings. The van der Waals surface area contributed by atoms with Gasteiger partial charge in [-0.3, -0.25) is 0 Å². The molecule has 0 aromatic heterocycles. The first-order valence-electron chi connectivity index (χ1n) is 4.78. The van der Waals surface area contributed by atoms with E-state index in [0.29, 0.717) is 11.1 Å². The fourth-order valence-electron chi connectivity index (χ4n) is 1.23. The first-order valence-corrected chi connectivity index (χ1v) is 5.16. The van der Waals surface area contributed by atoms with Gasteiger partial charge in [-0.25, -0.2) is 0 Å². The molecule has 0 fully saturated rings. The van der Waals surface area contributed by atoms with Crippen molar-refractivity contribution < 1.29 is 5.11 Å². The molecular formula is C11H16ClNO. The second-order valence-corrected chi connectivity index (χ2v) is 3.92. The average molecular weight is 214 g/mol. The number of rotatable bonds is 4. The summed E-state index contributed by atoms with van der Waals surface area (Å²) in [5.41, 5.74) is 1.16. The highest BCUT2D eigenvalue weighted by atomic mass is 35.5. The fourth-order valence-corrected chi connectivity index (χ4v) is 1.44. The van der Waals surface area contributed by atoms with Crippen LogP contribution in [0.2, 0.25) is 5.02 Å². The molecule has 0 amide bonds. The van der Waals surface area contributed by atoms with Gasteiger partial charge in [0.1, 0.15) is 5.75 Å². The first kappa shape index (κ1) is 11.3. The lowest BCUT2D eigenvalue weighted by Crippen LogP contribution is -2.21. The Bertz CT molecular complexity index is 301. The number of hydrogen-bond donors (Lipinski definition) is 2. The lowest BCUT2D eigenvalue weighted by atomic mass is 10.1. The number of halogens is 1. The lowest BCUT2D eigenvalue weighted by molar-refractivity contribution is 0.475. The van der Waals surface area contributed by atoms with Gasteiger partial charge in [-0.1, -0.05) is 17.7 Å². The first-order chi connectivity index (χ1) is 6.63. The van der Waals surface area contributed by atoms with E-state index in [9.17, 15) is 5.11 Å². The molecular weight excluding hydrogens is 198 g/mol. The van der Waals surface area contributed by atoms with Gasteiger partial charge < -0.3 is 10.4 Å². The second kappa shape index (κ2) is 5.23. The number of aryl methyl sites for hydroxylation is 1. The molecule has 0 heterocycles. The van der Waals surface area contributed by atoms with Gasteiger partial charge in [0.2, 0.25) is 0 Å². The number of nitrogens with one attached hydrogen (secondary N) is 1. The fraction of sp³-hybridized carbons (Fsp3) is 0.455. The van der Waals surface area contributed by atoms with E-state index in [0.717, 1.165) is 18.4 Å². The molecule has 0 aliphatic rings. The predicted molar refractivity (Wildman–Crippen MR) is 60.0 cm³/mol. The van der Waals surface area contributed by atoms with Crippen LogP contribution < -0.4 is 5.32 Å². The van der Waals surface area contributed by atoms with Crippen molar-refractivity contribution in [1.82, 2.24) is 5.32 Å². The minimum Gasteiger partial charge on any atom is -0.506 e. The van der Waals surface area contributed by atoms with Gasteiger partial charge in [-0.05, 0) is 44.5 Å². The van der Waals surface area contributed by atoms with E-state index in [-0.39, 0.29) is 5.75 Å². The summed E-state index contributed by atoms with van der Waals surface area (Å²) >= 11 is 5.80. The zero-order valence-electron chi connectivity index (χ0n) is 8.55. The van der Waals surface area contributed by atoms with Crippen LogP contribution >= 0.6 is 11.6 Å². The third-order valence-corrected chi connectivity index (χ3v) is 2.67. The Hall–Kier alpha value is -0.730. The molecule has 3 heteroatoms. The minimum absolute atomic E-state index is 0.150. The van der Waals surface area contributed by atoms with Crippen molar-refractivity contribution in [2.24, 2.45) is 0 Å². The zero-order chi connectivity index (χ0) is 10.6. The van der Waals surface area contributed by atoms with E-state index in [1.165, 1.54) is 0 Å². The molecule has 14 heavy (non-hydrogen) atoms. The van der Waals surface area contributed by atoms with Crippen LogP contribution in [0.3, 0.4) is 0 Å². The maximum atomic E-state index is 9.22. The van der Waals surface area contributed by atoms with Crippen LogP contribution in [0.15, 0.2) is 18.2 Å². The number of phenols is 1. The Morgan fingerprint density at radius 2 is 2.21 bits per heavy atom. The van der Waals surface area contributed by atoms with E-state index in [1.54, 1.807) is 6.07 Å². The maximum absolute atomic E-state index is 9.22. The van der Waals surface area contributed by atoms with Gasteiger partial charge in [0, 0.05) is 6.04 Å². The van der Waals surface area contributed by atoms with Crippen molar-refractivity contribution >= 4 is 11.6 Å². The normalized spacial score (nSPS) is 12.8. The van der Waals surface area contributed by atoms with Crippen molar-refractivity contribution in [2.75, 3.05) is 7.05 Å². The topological polar surface area (TPSA) is 32.3 Å². The molecule has 0 spiro atoms. The molecule has 1 aromatic carbocycles. The predicted octanol–water partition coefficient (Wildman–Crippen LogP) is 2.59. The summed E-state index contributed by atoms with van der Waals surface area (Å²) < 4.78 is 0. The highest BCUT2D eigenvalue weighted by Crippen LogP contribution is 2.24. The molecule has 0 radical (unpaired) electrons. The van der Waals surface area contributed by atoms with Gasteiger partial charge in [0.05, 0.1) is 5.02 Å². The molecule has 2 N–H and O–H groups in total. The monoisotopic (exact) mass is 213 g/mol. The number of benzene rings is 1. The standard InChI is InChI=1S/C11H16ClNO/c1-8(13-2)3-4-9-5-6-11(14)10(12)7-9/h5-8,13-14H,3-4H2,1-2H3. The summed E-state index contributed by atoms with van der Waals surface area (Å²) in [6.07, 6.45) is 2.04. The number of aromatic hydroxyl groups is 1. The molecule has 0 bridgehead atoms. The molecule has 1 atom stereocenters. The molecule has 0 saturated heterocycles. The summed E-state index contributed by atoms with van der Waals surface area (Å²) in [5, 5.41) is 12.8. The van der Waals surface area contributed by atoms with E-state index in [4.69, 9.17) is 11.6 Å². The van der Waals surface area contributed by atoms with Crippen molar-refractivity contribution in [1.29, 1.82) is 0 Å². The summed E-state index contributed by atoms with van der Waals surface area (Å²) in [4.78, 5) is 0. The average Bonchev–Trinajstić information content (AvgIpc) is 2.19. The largest absolute Gasteiger partial charge is 0.506 e. The summed E-state index contributed by atoms with van der Waals surface area (Å²) in [5.74, 6) is 0.150. The molecule has 0 saturated carbocycles. The van der Waals surface area contributed by atoms with Gasteiger partial charge in [0.15, 0.2) is 0 Å². The highest BCUT2D eigenvalue weighted by Gasteiger charge is 2.02. The van der Waals surface area contributed by atoms with Crippen molar-refractivity contribution in [3.8, 4) is 5.75 Å². The third kappa shape index (κ3) is 3.20. The maximum Gasteiger partial charge on any atom is 0.134 e. The molecule has 0 aliphatic heterocycles. The number of phenolic OH excluding ortho intramolecular Hbond substituents is 1. The Kier molecular flexibility index (Phi) is 4.23. The third-order valence-electron chi connectivity index (χ3n) is 2.37. The van der Waals surface area contributed by atoms with E-state index in [2.05, 4.69) is 12.2 Å². The van der Waals surface area contributed by atoms with Crippen LogP contribution in [-0.2, 0) is 6.42 Å². The highest BCUT2D eigenvalue weighted by molar-refractivity contribution is 6.32. The van der Waals surface area contributed by atoms with Crippen LogP contribution in [0.5, 0.6) is 5.75 Å². The lowest BCUT2D eigenvalue weighted by Gasteiger charge is -2.09. The summed E-state index contributed by atoms with van der Waals surface area (Å²) in [7, 11) is 1.95. The van der Waals surface area contributed by atoms with Crippen LogP contribution in [0.25, 0.3) is 0 Å². The minimum atomic E-state index is 0.150. The molecule has 0 aliphatic carbocycles. The molecule has 78 valence electrons. The number of hydrogen-bond acceptors (Lipinski definition) is 2. The van der Waals surface area contributed by atoms with E-state index in [1.807, 2.05) is 19.2 Å². The van der Waals surface area contributed by atoms with E-state index < -0.39 is 0 Å². The van der Waals surface area contributed by atoms with Crippen LogP contribution in [-0.4, -0.2) is 18.2 Å². The van der Waals surface area contributed by atoms with E-state index >= 15 is 0 Å². The van der Waals surface area contributed by atoms with Gasteiger partial charge in [-0.2, -0.15) is 0 Å². The molecule has 1 unspecified atom stereocenters. The van der Waals surface area contributed by atoms with Crippen molar-refractivity contribution in [3.05, 3.63) is 28.8 Å². The van der Waals surface area contributed by atoms with Crippen LogP contribution in [0.1, 0.15) is 18.9 Å². The van der Waals surface area contributed by atoms with Crippen LogP contribution in [0, 0.1) is 0 Å². The molecule has 1 rings (SSSR count). The Labute approximate surface area is 89.9 Å². The van der Waals surface area contributed by atoms with Crippen molar-refractivity contribution in [2.45, 2.75) is 25.8 Å². The Morgan fingerprint density at radius 3 is 2.79 bits per heavy atom. The quantitative estimate of drug-likeness (QED) is 0.806. The smallest absolute Gasteiger partial charge is 0.134 e. The molecule has 2 nitrogen and oxygen atoms in total. The zero-order valence-corrected chi connectivity index (χ0v) is 9.30. The Morgan fingerprint density at radius 1 is 1.50 bits per heavy atom. The SMILES string of the molecule is CNC(C)CCc1ccc(O)c(Cl)c1. The van der Waals surface area contributed by atoms with Crippen LogP contribution in [0.4, 0.5) is 0 Å². The van der Waals surface area contributed by atoms with Gasteiger partial charge >= 0.3 is 0 Å².